The Morgan fingerprint density at radius 1 is 1.37 bits per heavy atom. The zero-order chi connectivity index (χ0) is 14.0. The van der Waals surface area contributed by atoms with E-state index in [4.69, 9.17) is 5.73 Å². The lowest BCUT2D eigenvalue weighted by Crippen LogP contribution is -2.37. The van der Waals surface area contributed by atoms with Gasteiger partial charge in [-0.1, -0.05) is 26.0 Å². The van der Waals surface area contributed by atoms with Crippen molar-refractivity contribution >= 4 is 17.9 Å². The lowest BCUT2D eigenvalue weighted by Gasteiger charge is -2.30. The second-order valence-corrected chi connectivity index (χ2v) is 5.60. The van der Waals surface area contributed by atoms with Crippen molar-refractivity contribution in [3.05, 3.63) is 29.3 Å². The molecule has 0 spiro atoms. The van der Waals surface area contributed by atoms with Crippen molar-refractivity contribution in [2.75, 3.05) is 18.0 Å². The summed E-state index contributed by atoms with van der Waals surface area (Å²) in [6, 6.07) is 6.05. The van der Waals surface area contributed by atoms with Gasteiger partial charge in [-0.2, -0.15) is 0 Å². The van der Waals surface area contributed by atoms with Crippen molar-refractivity contribution in [2.24, 2.45) is 5.73 Å². The zero-order valence-corrected chi connectivity index (χ0v) is 11.5. The Hall–Kier alpha value is -1.68. The van der Waals surface area contributed by atoms with Crippen LogP contribution in [0.25, 0.3) is 0 Å². The smallest absolute Gasteiger partial charge is 0.227 e. The van der Waals surface area contributed by atoms with Gasteiger partial charge < -0.3 is 15.4 Å². The number of amides is 1. The van der Waals surface area contributed by atoms with Crippen molar-refractivity contribution < 1.29 is 9.59 Å². The first kappa shape index (κ1) is 13.7. The highest BCUT2D eigenvalue weighted by Crippen LogP contribution is 2.32. The molecule has 0 bridgehead atoms. The van der Waals surface area contributed by atoms with E-state index < -0.39 is 0 Å². The van der Waals surface area contributed by atoms with Crippen molar-refractivity contribution in [1.29, 1.82) is 0 Å². The van der Waals surface area contributed by atoms with Gasteiger partial charge in [-0.3, -0.25) is 4.79 Å². The standard InChI is InChI=1S/C15H20N2O2/c1-15(2,10-16)12-4-5-13-11(9-12)3-6-14(19)17(13)7-8-18/h4-5,8-9H,3,6-7,10,16H2,1-2H3. The summed E-state index contributed by atoms with van der Waals surface area (Å²) in [5.74, 6) is 0.0189. The third-order valence-electron chi connectivity index (χ3n) is 3.83. The predicted molar refractivity (Wildman–Crippen MR) is 75.3 cm³/mol. The Balaban J connectivity index is 2.41. The van der Waals surface area contributed by atoms with Gasteiger partial charge in [0.25, 0.3) is 0 Å². The number of benzene rings is 1. The largest absolute Gasteiger partial charge is 0.330 e. The van der Waals surface area contributed by atoms with Gasteiger partial charge in [0.2, 0.25) is 5.91 Å². The van der Waals surface area contributed by atoms with Crippen molar-refractivity contribution in [3.63, 3.8) is 0 Å². The maximum absolute atomic E-state index is 11.8. The number of aldehydes is 1. The van der Waals surface area contributed by atoms with Crippen LogP contribution in [0.1, 0.15) is 31.4 Å². The van der Waals surface area contributed by atoms with Crippen LogP contribution in [0.5, 0.6) is 0 Å². The fraction of sp³-hybridized carbons (Fsp3) is 0.467. The maximum Gasteiger partial charge on any atom is 0.227 e. The fourth-order valence-electron chi connectivity index (χ4n) is 2.37. The molecule has 4 nitrogen and oxygen atoms in total. The van der Waals surface area contributed by atoms with Crippen LogP contribution in [-0.4, -0.2) is 25.3 Å². The van der Waals surface area contributed by atoms with E-state index in [2.05, 4.69) is 19.9 Å². The number of anilines is 1. The summed E-state index contributed by atoms with van der Waals surface area (Å²) in [5.41, 5.74) is 8.88. The highest BCUT2D eigenvalue weighted by Gasteiger charge is 2.26. The Morgan fingerprint density at radius 3 is 2.74 bits per heavy atom. The molecule has 1 amide bonds. The molecule has 2 N–H and O–H groups in total. The minimum absolute atomic E-state index is 0.0189. The Labute approximate surface area is 113 Å². The molecule has 0 radical (unpaired) electrons. The van der Waals surface area contributed by atoms with Crippen LogP contribution in [-0.2, 0) is 21.4 Å². The SMILES string of the molecule is CC(C)(CN)c1ccc2c(c1)CCC(=O)N2CC=O. The molecule has 1 aliphatic rings. The molecular weight excluding hydrogens is 240 g/mol. The summed E-state index contributed by atoms with van der Waals surface area (Å²) in [6.07, 6.45) is 1.97. The minimum atomic E-state index is -0.0774. The van der Waals surface area contributed by atoms with Crippen molar-refractivity contribution in [1.82, 2.24) is 0 Å². The van der Waals surface area contributed by atoms with Gasteiger partial charge in [0.05, 0.1) is 6.54 Å². The molecule has 2 rings (SSSR count). The molecule has 0 aromatic heterocycles. The van der Waals surface area contributed by atoms with E-state index in [9.17, 15) is 9.59 Å². The number of hydrogen-bond donors (Lipinski definition) is 1. The molecule has 1 aliphatic heterocycles. The topological polar surface area (TPSA) is 63.4 Å². The van der Waals surface area contributed by atoms with E-state index in [1.54, 1.807) is 4.90 Å². The van der Waals surface area contributed by atoms with Gasteiger partial charge in [-0.15, -0.1) is 0 Å². The van der Waals surface area contributed by atoms with Crippen LogP contribution >= 0.6 is 0 Å². The molecule has 0 saturated heterocycles. The highest BCUT2D eigenvalue weighted by molar-refractivity contribution is 5.98. The van der Waals surface area contributed by atoms with E-state index >= 15 is 0 Å². The first-order valence-electron chi connectivity index (χ1n) is 6.57. The number of fused-ring (bicyclic) bond motifs is 1. The summed E-state index contributed by atoms with van der Waals surface area (Å²) in [4.78, 5) is 24.1. The normalized spacial score (nSPS) is 15.3. The Kier molecular flexibility index (Phi) is 3.71. The molecule has 19 heavy (non-hydrogen) atoms. The molecule has 0 saturated carbocycles. The Bertz CT molecular complexity index is 509. The van der Waals surface area contributed by atoms with Crippen LogP contribution in [0.3, 0.4) is 0 Å². The number of carbonyl (C=O) groups excluding carboxylic acids is 2. The third kappa shape index (κ3) is 2.54. The zero-order valence-electron chi connectivity index (χ0n) is 11.5. The van der Waals surface area contributed by atoms with E-state index in [1.165, 1.54) is 5.56 Å². The maximum atomic E-state index is 11.8. The highest BCUT2D eigenvalue weighted by atomic mass is 16.2. The quantitative estimate of drug-likeness (QED) is 0.832. The van der Waals surface area contributed by atoms with Crippen LogP contribution in [0.2, 0.25) is 0 Å². The van der Waals surface area contributed by atoms with Crippen LogP contribution < -0.4 is 10.6 Å². The summed E-state index contributed by atoms with van der Waals surface area (Å²) in [7, 11) is 0. The summed E-state index contributed by atoms with van der Waals surface area (Å²) in [5, 5.41) is 0. The second kappa shape index (κ2) is 5.13. The van der Waals surface area contributed by atoms with E-state index in [0.717, 1.165) is 24.0 Å². The molecule has 1 aromatic carbocycles. The molecule has 0 fully saturated rings. The van der Waals surface area contributed by atoms with Gasteiger partial charge in [0.15, 0.2) is 0 Å². The first-order valence-corrected chi connectivity index (χ1v) is 6.57. The van der Waals surface area contributed by atoms with Crippen LogP contribution in [0, 0.1) is 0 Å². The van der Waals surface area contributed by atoms with Gasteiger partial charge in [0, 0.05) is 24.1 Å². The lowest BCUT2D eigenvalue weighted by molar-refractivity contribution is -0.120. The molecule has 4 heteroatoms. The molecule has 1 aromatic rings. The summed E-state index contributed by atoms with van der Waals surface area (Å²) < 4.78 is 0. The van der Waals surface area contributed by atoms with Crippen molar-refractivity contribution in [2.45, 2.75) is 32.1 Å². The molecule has 102 valence electrons. The Morgan fingerprint density at radius 2 is 2.11 bits per heavy atom. The van der Waals surface area contributed by atoms with Crippen LogP contribution in [0.15, 0.2) is 18.2 Å². The average molecular weight is 260 g/mol. The van der Waals surface area contributed by atoms with Crippen LogP contribution in [0.4, 0.5) is 5.69 Å². The molecule has 0 atom stereocenters. The summed E-state index contributed by atoms with van der Waals surface area (Å²) >= 11 is 0. The number of aryl methyl sites for hydroxylation is 1. The average Bonchev–Trinajstić information content (AvgIpc) is 2.41. The van der Waals surface area contributed by atoms with E-state index in [-0.39, 0.29) is 17.9 Å². The summed E-state index contributed by atoms with van der Waals surface area (Å²) in [6.45, 7) is 4.91. The monoisotopic (exact) mass is 260 g/mol. The fourth-order valence-corrected chi connectivity index (χ4v) is 2.37. The van der Waals surface area contributed by atoms with Crippen molar-refractivity contribution in [3.8, 4) is 0 Å². The van der Waals surface area contributed by atoms with Gasteiger partial charge >= 0.3 is 0 Å². The van der Waals surface area contributed by atoms with Gasteiger partial charge in [-0.05, 0) is 23.6 Å². The minimum Gasteiger partial charge on any atom is -0.330 e. The van der Waals surface area contributed by atoms with E-state index in [1.807, 2.05) is 12.1 Å². The molecule has 0 unspecified atom stereocenters. The molecular formula is C15H20N2O2. The number of carbonyl (C=O) groups is 2. The molecule has 0 aliphatic carbocycles. The number of nitrogens with zero attached hydrogens (tertiary/aromatic N) is 1. The molecule has 1 heterocycles. The van der Waals surface area contributed by atoms with Gasteiger partial charge in [-0.25, -0.2) is 0 Å². The predicted octanol–water partition coefficient (Wildman–Crippen LogP) is 1.40. The second-order valence-electron chi connectivity index (χ2n) is 5.60. The number of nitrogens with two attached hydrogens (primary N) is 1. The third-order valence-corrected chi connectivity index (χ3v) is 3.83. The van der Waals surface area contributed by atoms with E-state index in [0.29, 0.717) is 13.0 Å². The van der Waals surface area contributed by atoms with Gasteiger partial charge in [0.1, 0.15) is 6.29 Å². The lowest BCUT2D eigenvalue weighted by atomic mass is 9.83. The number of rotatable bonds is 4. The first-order chi connectivity index (χ1) is 8.99. The number of hydrogen-bond acceptors (Lipinski definition) is 3.